The smallest absolute Gasteiger partial charge is 0.410 e. The van der Waals surface area contributed by atoms with Gasteiger partial charge in [-0.3, -0.25) is 9.69 Å². The number of likely N-dealkylation sites (tertiary alicyclic amines) is 1. The normalized spacial score (nSPS) is 18.3. The van der Waals surface area contributed by atoms with Gasteiger partial charge in [-0.15, -0.1) is 0 Å². The largest absolute Gasteiger partial charge is 0.444 e. The molecular weight excluding hydrogens is 328 g/mol. The van der Waals surface area contributed by atoms with E-state index < -0.39 is 11.7 Å². The van der Waals surface area contributed by atoms with E-state index in [0.29, 0.717) is 6.54 Å². The molecule has 5 nitrogen and oxygen atoms in total. The summed E-state index contributed by atoms with van der Waals surface area (Å²) >= 11 is 0. The van der Waals surface area contributed by atoms with Crippen molar-refractivity contribution in [2.24, 2.45) is 5.92 Å². The highest BCUT2D eigenvalue weighted by molar-refractivity contribution is 5.90. The Labute approximate surface area is 159 Å². The van der Waals surface area contributed by atoms with E-state index in [1.165, 1.54) is 50.0 Å². The molecule has 1 aliphatic heterocycles. The number of carbonyl (C=O) groups excluding carboxylic acids is 2. The molecule has 1 amide bonds. The molecular formula is C21H38N2O3. The molecule has 1 aliphatic rings. The molecule has 1 atom stereocenters. The number of rotatable bonds is 10. The molecule has 0 aromatic heterocycles. The summed E-state index contributed by atoms with van der Waals surface area (Å²) in [6.45, 7) is 7.29. The zero-order valence-electron chi connectivity index (χ0n) is 17.4. The summed E-state index contributed by atoms with van der Waals surface area (Å²) in [6, 6.07) is 0. The standard InChI is InChI=1S/C21H38N2O3/c1-21(2,3)26-20(25)23-16-18(19(24)17-23)14-12-10-8-6-7-9-11-13-15-22(4)5/h12,14,18H,6-11,13,15-17H2,1-5H3. The van der Waals surface area contributed by atoms with Gasteiger partial charge >= 0.3 is 6.09 Å². The highest BCUT2D eigenvalue weighted by atomic mass is 16.6. The van der Waals surface area contributed by atoms with Crippen LogP contribution in [0.15, 0.2) is 12.2 Å². The van der Waals surface area contributed by atoms with Crippen molar-refractivity contribution in [1.29, 1.82) is 0 Å². The Morgan fingerprint density at radius 1 is 1.15 bits per heavy atom. The van der Waals surface area contributed by atoms with Gasteiger partial charge < -0.3 is 9.64 Å². The van der Waals surface area contributed by atoms with Crippen LogP contribution in [-0.4, -0.2) is 61.0 Å². The van der Waals surface area contributed by atoms with Crippen molar-refractivity contribution in [3.63, 3.8) is 0 Å². The second-order valence-corrected chi connectivity index (χ2v) is 8.58. The maximum Gasteiger partial charge on any atom is 0.410 e. The van der Waals surface area contributed by atoms with Gasteiger partial charge in [-0.2, -0.15) is 0 Å². The van der Waals surface area contributed by atoms with Crippen LogP contribution in [0.2, 0.25) is 0 Å². The molecule has 1 unspecified atom stereocenters. The number of unbranched alkanes of at least 4 members (excludes halogenated alkanes) is 6. The van der Waals surface area contributed by atoms with Crippen LogP contribution in [0.4, 0.5) is 4.79 Å². The van der Waals surface area contributed by atoms with E-state index in [0.717, 1.165) is 6.42 Å². The van der Waals surface area contributed by atoms with E-state index in [1.54, 1.807) is 0 Å². The fourth-order valence-corrected chi connectivity index (χ4v) is 3.00. The number of Topliss-reactive ketones (excluding diaryl/α,β-unsaturated/α-hetero) is 1. The van der Waals surface area contributed by atoms with E-state index in [9.17, 15) is 9.59 Å². The van der Waals surface area contributed by atoms with Gasteiger partial charge in [0, 0.05) is 6.54 Å². The third-order valence-corrected chi connectivity index (χ3v) is 4.42. The van der Waals surface area contributed by atoms with Crippen molar-refractivity contribution in [1.82, 2.24) is 9.80 Å². The molecule has 0 aromatic carbocycles. The first-order valence-corrected chi connectivity index (χ1v) is 10.0. The first-order valence-electron chi connectivity index (χ1n) is 10.0. The van der Waals surface area contributed by atoms with E-state index in [2.05, 4.69) is 25.1 Å². The Kier molecular flexibility index (Phi) is 9.92. The molecule has 0 saturated carbocycles. The average Bonchev–Trinajstić information content (AvgIpc) is 2.88. The third-order valence-electron chi connectivity index (χ3n) is 4.42. The molecule has 150 valence electrons. The minimum absolute atomic E-state index is 0.105. The lowest BCUT2D eigenvalue weighted by atomic mass is 10.1. The Hall–Kier alpha value is -1.36. The lowest BCUT2D eigenvalue weighted by Crippen LogP contribution is -2.35. The number of ether oxygens (including phenoxy) is 1. The molecule has 5 heteroatoms. The number of ketones is 1. The summed E-state index contributed by atoms with van der Waals surface area (Å²) in [7, 11) is 4.24. The van der Waals surface area contributed by atoms with Crippen LogP contribution < -0.4 is 0 Å². The first-order chi connectivity index (χ1) is 12.2. The molecule has 0 aliphatic carbocycles. The number of amides is 1. The van der Waals surface area contributed by atoms with Crippen molar-refractivity contribution in [3.05, 3.63) is 12.2 Å². The maximum atomic E-state index is 12.1. The first kappa shape index (κ1) is 22.7. The Morgan fingerprint density at radius 3 is 2.38 bits per heavy atom. The highest BCUT2D eigenvalue weighted by Gasteiger charge is 2.34. The summed E-state index contributed by atoms with van der Waals surface area (Å²) in [5.74, 6) is -0.0680. The summed E-state index contributed by atoms with van der Waals surface area (Å²) in [6.07, 6.45) is 12.3. The van der Waals surface area contributed by atoms with Gasteiger partial charge in [0.05, 0.1) is 12.5 Å². The van der Waals surface area contributed by atoms with Gasteiger partial charge in [-0.1, -0.05) is 37.8 Å². The Balaban J connectivity index is 2.14. The minimum atomic E-state index is -0.527. The fraction of sp³-hybridized carbons (Fsp3) is 0.810. The van der Waals surface area contributed by atoms with Gasteiger partial charge in [-0.25, -0.2) is 4.79 Å². The van der Waals surface area contributed by atoms with Crippen LogP contribution in [0, 0.1) is 5.92 Å². The number of nitrogens with zero attached hydrogens (tertiary/aromatic N) is 2. The van der Waals surface area contributed by atoms with E-state index in [4.69, 9.17) is 4.74 Å². The Morgan fingerprint density at radius 2 is 1.77 bits per heavy atom. The summed E-state index contributed by atoms with van der Waals surface area (Å²) < 4.78 is 5.34. The van der Waals surface area contributed by atoms with Gasteiger partial charge in [-0.05, 0) is 60.7 Å². The molecule has 0 aromatic rings. The van der Waals surface area contributed by atoms with Crippen LogP contribution in [0.25, 0.3) is 0 Å². The van der Waals surface area contributed by atoms with Gasteiger partial charge in [0.25, 0.3) is 0 Å². The van der Waals surface area contributed by atoms with Crippen molar-refractivity contribution in [2.75, 3.05) is 33.7 Å². The molecule has 1 saturated heterocycles. The maximum absolute atomic E-state index is 12.1. The van der Waals surface area contributed by atoms with Crippen molar-refractivity contribution < 1.29 is 14.3 Å². The summed E-state index contributed by atoms with van der Waals surface area (Å²) in [5.41, 5.74) is -0.527. The van der Waals surface area contributed by atoms with E-state index >= 15 is 0 Å². The predicted molar refractivity (Wildman–Crippen MR) is 106 cm³/mol. The highest BCUT2D eigenvalue weighted by Crippen LogP contribution is 2.18. The minimum Gasteiger partial charge on any atom is -0.444 e. The average molecular weight is 367 g/mol. The number of allylic oxidation sites excluding steroid dienone is 1. The molecule has 0 spiro atoms. The predicted octanol–water partition coefficient (Wildman–Crippen LogP) is 4.27. The quantitative estimate of drug-likeness (QED) is 0.428. The second-order valence-electron chi connectivity index (χ2n) is 8.58. The number of carbonyl (C=O) groups is 2. The van der Waals surface area contributed by atoms with Crippen molar-refractivity contribution in [3.8, 4) is 0 Å². The lowest BCUT2D eigenvalue weighted by Gasteiger charge is -2.23. The summed E-state index contributed by atoms with van der Waals surface area (Å²) in [4.78, 5) is 27.8. The molecule has 0 bridgehead atoms. The topological polar surface area (TPSA) is 49.9 Å². The monoisotopic (exact) mass is 366 g/mol. The van der Waals surface area contributed by atoms with Crippen LogP contribution >= 0.6 is 0 Å². The SMILES string of the molecule is CN(C)CCCCCCCCC=CC1CN(C(=O)OC(C)(C)C)CC1=O. The van der Waals surface area contributed by atoms with Gasteiger partial charge in [0.1, 0.15) is 5.60 Å². The number of hydrogen-bond acceptors (Lipinski definition) is 4. The van der Waals surface area contributed by atoms with E-state index in [1.807, 2.05) is 26.8 Å². The molecule has 0 radical (unpaired) electrons. The Bertz CT molecular complexity index is 466. The lowest BCUT2D eigenvalue weighted by molar-refractivity contribution is -0.118. The van der Waals surface area contributed by atoms with Gasteiger partial charge in [0.15, 0.2) is 5.78 Å². The van der Waals surface area contributed by atoms with E-state index in [-0.39, 0.29) is 18.2 Å². The summed E-state index contributed by atoms with van der Waals surface area (Å²) in [5, 5.41) is 0. The molecule has 1 rings (SSSR count). The fourth-order valence-electron chi connectivity index (χ4n) is 3.00. The third kappa shape index (κ3) is 9.95. The van der Waals surface area contributed by atoms with Crippen LogP contribution in [0.1, 0.15) is 65.7 Å². The van der Waals surface area contributed by atoms with Crippen molar-refractivity contribution >= 4 is 11.9 Å². The number of hydrogen-bond donors (Lipinski definition) is 0. The van der Waals surface area contributed by atoms with Crippen molar-refractivity contribution in [2.45, 2.75) is 71.3 Å². The molecule has 0 N–H and O–H groups in total. The molecule has 1 heterocycles. The zero-order valence-corrected chi connectivity index (χ0v) is 17.4. The van der Waals surface area contributed by atoms with Crippen LogP contribution in [-0.2, 0) is 9.53 Å². The second kappa shape index (κ2) is 11.4. The van der Waals surface area contributed by atoms with Crippen LogP contribution in [0.3, 0.4) is 0 Å². The van der Waals surface area contributed by atoms with Crippen LogP contribution in [0.5, 0.6) is 0 Å². The zero-order chi connectivity index (χ0) is 19.6. The van der Waals surface area contributed by atoms with Gasteiger partial charge in [0.2, 0.25) is 0 Å². The molecule has 1 fully saturated rings. The molecule has 26 heavy (non-hydrogen) atoms.